The van der Waals surface area contributed by atoms with Gasteiger partial charge in [0, 0.05) is 6.54 Å². The molecular formula is C8H19NO7S. The van der Waals surface area contributed by atoms with E-state index in [-0.39, 0.29) is 6.54 Å². The van der Waals surface area contributed by atoms with E-state index in [0.717, 1.165) is 0 Å². The lowest BCUT2D eigenvalue weighted by Gasteiger charge is -2.34. The van der Waals surface area contributed by atoms with Gasteiger partial charge >= 0.3 is 0 Å². The van der Waals surface area contributed by atoms with Crippen molar-refractivity contribution in [3.05, 3.63) is 0 Å². The van der Waals surface area contributed by atoms with Crippen molar-refractivity contribution in [2.24, 2.45) is 0 Å². The minimum atomic E-state index is -4.19. The maximum absolute atomic E-state index is 10.6. The highest BCUT2D eigenvalue weighted by atomic mass is 32.2. The molecule has 0 heterocycles. The van der Waals surface area contributed by atoms with Crippen LogP contribution in [0.4, 0.5) is 0 Å². The van der Waals surface area contributed by atoms with Crippen LogP contribution in [-0.2, 0) is 10.1 Å². The fourth-order valence-electron chi connectivity index (χ4n) is 1.42. The highest BCUT2D eigenvalue weighted by molar-refractivity contribution is 7.85. The topological polar surface area (TPSA) is 139 Å². The SMILES string of the molecule is O=S(=O)(O)CCN(C(CO)CO)C(CO)CO. The van der Waals surface area contributed by atoms with Gasteiger partial charge < -0.3 is 20.4 Å². The van der Waals surface area contributed by atoms with Gasteiger partial charge in [-0.2, -0.15) is 8.42 Å². The summed E-state index contributed by atoms with van der Waals surface area (Å²) in [6.45, 7) is -2.05. The van der Waals surface area contributed by atoms with Crippen molar-refractivity contribution in [3.8, 4) is 0 Å². The number of nitrogens with zero attached hydrogens (tertiary/aromatic N) is 1. The molecule has 0 aromatic heterocycles. The van der Waals surface area contributed by atoms with E-state index in [1.807, 2.05) is 0 Å². The van der Waals surface area contributed by atoms with Crippen molar-refractivity contribution in [1.82, 2.24) is 4.90 Å². The molecule has 0 rings (SSSR count). The monoisotopic (exact) mass is 273 g/mol. The molecule has 104 valence electrons. The van der Waals surface area contributed by atoms with Gasteiger partial charge in [-0.05, 0) is 0 Å². The van der Waals surface area contributed by atoms with Crippen LogP contribution in [0.2, 0.25) is 0 Å². The van der Waals surface area contributed by atoms with Gasteiger partial charge in [-0.3, -0.25) is 9.45 Å². The van der Waals surface area contributed by atoms with Crippen molar-refractivity contribution in [1.29, 1.82) is 0 Å². The Bertz CT molecular complexity index is 274. The van der Waals surface area contributed by atoms with Gasteiger partial charge in [-0.25, -0.2) is 0 Å². The number of rotatable bonds is 9. The highest BCUT2D eigenvalue weighted by Crippen LogP contribution is 2.06. The summed E-state index contributed by atoms with van der Waals surface area (Å²) >= 11 is 0. The van der Waals surface area contributed by atoms with Crippen LogP contribution < -0.4 is 0 Å². The molecule has 0 amide bonds. The van der Waals surface area contributed by atoms with Crippen LogP contribution >= 0.6 is 0 Å². The molecular weight excluding hydrogens is 254 g/mol. The molecule has 0 saturated heterocycles. The second-order valence-electron chi connectivity index (χ2n) is 3.56. The Kier molecular flexibility index (Phi) is 7.79. The Labute approximate surface area is 99.9 Å². The summed E-state index contributed by atoms with van der Waals surface area (Å²) in [7, 11) is -4.19. The second kappa shape index (κ2) is 7.93. The summed E-state index contributed by atoms with van der Waals surface area (Å²) in [5, 5.41) is 36.0. The highest BCUT2D eigenvalue weighted by Gasteiger charge is 2.25. The van der Waals surface area contributed by atoms with E-state index in [1.165, 1.54) is 4.90 Å². The zero-order valence-electron chi connectivity index (χ0n) is 9.31. The third-order valence-corrected chi connectivity index (χ3v) is 3.09. The molecule has 8 nitrogen and oxygen atoms in total. The Morgan fingerprint density at radius 1 is 0.882 bits per heavy atom. The quantitative estimate of drug-likeness (QED) is 0.278. The van der Waals surface area contributed by atoms with E-state index < -0.39 is 54.4 Å². The van der Waals surface area contributed by atoms with Crippen molar-refractivity contribution in [2.45, 2.75) is 12.1 Å². The lowest BCUT2D eigenvalue weighted by atomic mass is 10.2. The molecule has 0 aromatic rings. The predicted octanol–water partition coefficient (Wildman–Crippen LogP) is -3.12. The first-order valence-corrected chi connectivity index (χ1v) is 6.64. The maximum Gasteiger partial charge on any atom is 0.266 e. The molecule has 0 unspecified atom stereocenters. The molecule has 0 aromatic carbocycles. The van der Waals surface area contributed by atoms with Crippen LogP contribution in [0.5, 0.6) is 0 Å². The van der Waals surface area contributed by atoms with Crippen molar-refractivity contribution in [3.63, 3.8) is 0 Å². The Balaban J connectivity index is 4.71. The fraction of sp³-hybridized carbons (Fsp3) is 1.00. The standard InChI is InChI=1S/C8H19NO7S/c10-3-7(4-11)9(8(5-12)6-13)1-2-17(14,15)16/h7-8,10-13H,1-6H2,(H,14,15,16). The number of aliphatic hydroxyl groups is 4. The van der Waals surface area contributed by atoms with E-state index in [2.05, 4.69) is 0 Å². The number of aliphatic hydroxyl groups excluding tert-OH is 4. The minimum absolute atomic E-state index is 0.212. The van der Waals surface area contributed by atoms with Gasteiger partial charge in [0.15, 0.2) is 0 Å². The average molecular weight is 273 g/mol. The van der Waals surface area contributed by atoms with Gasteiger partial charge in [0.2, 0.25) is 0 Å². The molecule has 0 aliphatic heterocycles. The molecule has 0 saturated carbocycles. The third-order valence-electron chi connectivity index (χ3n) is 2.39. The number of hydrogen-bond donors (Lipinski definition) is 5. The normalized spacial score (nSPS) is 12.9. The van der Waals surface area contributed by atoms with E-state index in [4.69, 9.17) is 25.0 Å². The minimum Gasteiger partial charge on any atom is -0.395 e. The van der Waals surface area contributed by atoms with Crippen LogP contribution in [0.3, 0.4) is 0 Å². The largest absolute Gasteiger partial charge is 0.395 e. The Morgan fingerprint density at radius 2 is 1.24 bits per heavy atom. The summed E-state index contributed by atoms with van der Waals surface area (Å²) in [6, 6.07) is -1.61. The zero-order valence-corrected chi connectivity index (χ0v) is 10.1. The van der Waals surface area contributed by atoms with E-state index in [0.29, 0.717) is 0 Å². The molecule has 5 N–H and O–H groups in total. The molecule has 0 aliphatic carbocycles. The van der Waals surface area contributed by atoms with Crippen LogP contribution in [0, 0.1) is 0 Å². The molecule has 0 spiro atoms. The van der Waals surface area contributed by atoms with E-state index >= 15 is 0 Å². The molecule has 9 heteroatoms. The first kappa shape index (κ1) is 16.7. The molecule has 0 fully saturated rings. The molecule has 0 bridgehead atoms. The number of hydrogen-bond acceptors (Lipinski definition) is 7. The molecule has 0 radical (unpaired) electrons. The Morgan fingerprint density at radius 3 is 1.47 bits per heavy atom. The van der Waals surface area contributed by atoms with E-state index in [9.17, 15) is 8.42 Å². The maximum atomic E-state index is 10.6. The lowest BCUT2D eigenvalue weighted by Crippen LogP contribution is -2.51. The van der Waals surface area contributed by atoms with Crippen LogP contribution in [0.1, 0.15) is 0 Å². The van der Waals surface area contributed by atoms with Gasteiger partial charge in [0.1, 0.15) is 0 Å². The first-order chi connectivity index (χ1) is 7.89. The van der Waals surface area contributed by atoms with Crippen molar-refractivity contribution in [2.75, 3.05) is 38.7 Å². The van der Waals surface area contributed by atoms with Gasteiger partial charge in [0.05, 0.1) is 44.3 Å². The average Bonchev–Trinajstić information content (AvgIpc) is 2.26. The summed E-state index contributed by atoms with van der Waals surface area (Å²) in [6.07, 6.45) is 0. The third kappa shape index (κ3) is 6.27. The predicted molar refractivity (Wildman–Crippen MR) is 59.0 cm³/mol. The van der Waals surface area contributed by atoms with E-state index in [1.54, 1.807) is 0 Å². The Hall–Kier alpha value is -0.290. The molecule has 17 heavy (non-hydrogen) atoms. The van der Waals surface area contributed by atoms with Crippen LogP contribution in [-0.4, -0.2) is 89.1 Å². The molecule has 0 aliphatic rings. The fourth-order valence-corrected chi connectivity index (χ4v) is 1.86. The van der Waals surface area contributed by atoms with Crippen LogP contribution in [0.15, 0.2) is 0 Å². The van der Waals surface area contributed by atoms with Crippen molar-refractivity contribution < 1.29 is 33.4 Å². The first-order valence-electron chi connectivity index (χ1n) is 5.04. The summed E-state index contributed by atoms with van der Waals surface area (Å²) < 4.78 is 29.8. The van der Waals surface area contributed by atoms with Crippen molar-refractivity contribution >= 4 is 10.1 Å². The smallest absolute Gasteiger partial charge is 0.266 e. The van der Waals surface area contributed by atoms with Gasteiger partial charge in [0.25, 0.3) is 10.1 Å². The summed E-state index contributed by atoms with van der Waals surface area (Å²) in [4.78, 5) is 1.24. The second-order valence-corrected chi connectivity index (χ2v) is 5.13. The summed E-state index contributed by atoms with van der Waals surface area (Å²) in [5.41, 5.74) is 0. The van der Waals surface area contributed by atoms with Gasteiger partial charge in [-0.1, -0.05) is 0 Å². The molecule has 0 atom stereocenters. The summed E-state index contributed by atoms with van der Waals surface area (Å²) in [5.74, 6) is -0.611. The zero-order chi connectivity index (χ0) is 13.5. The van der Waals surface area contributed by atoms with Crippen LogP contribution in [0.25, 0.3) is 0 Å². The van der Waals surface area contributed by atoms with Gasteiger partial charge in [-0.15, -0.1) is 0 Å². The lowest BCUT2D eigenvalue weighted by molar-refractivity contribution is 0.00547.